The molecule has 1 saturated heterocycles. The first-order chi connectivity index (χ1) is 10.0. The van der Waals surface area contributed by atoms with Gasteiger partial charge in [0.25, 0.3) is 0 Å². The Kier molecular flexibility index (Phi) is 5.11. The standard InChI is InChI=1S/C17H22N2O2/c1-13-2-4-14(5-3-13)10-15(12-18)11-16(20)17(19)6-8-21-9-7-17/h2-5,15H,6-11,19H2,1H3/t15-/m1/s1. The summed E-state index contributed by atoms with van der Waals surface area (Å²) in [4.78, 5) is 12.4. The summed E-state index contributed by atoms with van der Waals surface area (Å²) < 4.78 is 5.26. The second kappa shape index (κ2) is 6.84. The van der Waals surface area contributed by atoms with E-state index in [1.165, 1.54) is 5.56 Å². The van der Waals surface area contributed by atoms with Gasteiger partial charge in [-0.15, -0.1) is 0 Å². The van der Waals surface area contributed by atoms with Crippen LogP contribution in [0.2, 0.25) is 0 Å². The smallest absolute Gasteiger partial charge is 0.154 e. The summed E-state index contributed by atoms with van der Waals surface area (Å²) >= 11 is 0. The molecule has 1 heterocycles. The van der Waals surface area contributed by atoms with Crippen LogP contribution in [0, 0.1) is 24.2 Å². The number of nitrogens with zero attached hydrogens (tertiary/aromatic N) is 1. The predicted molar refractivity (Wildman–Crippen MR) is 80.6 cm³/mol. The lowest BCUT2D eigenvalue weighted by Gasteiger charge is -2.32. The van der Waals surface area contributed by atoms with Gasteiger partial charge in [0.05, 0.1) is 17.5 Å². The second-order valence-corrected chi connectivity index (χ2v) is 5.91. The van der Waals surface area contributed by atoms with E-state index in [4.69, 9.17) is 10.5 Å². The molecular formula is C17H22N2O2. The van der Waals surface area contributed by atoms with Crippen LogP contribution in [0.15, 0.2) is 24.3 Å². The van der Waals surface area contributed by atoms with E-state index in [-0.39, 0.29) is 18.1 Å². The van der Waals surface area contributed by atoms with Crippen molar-refractivity contribution in [3.05, 3.63) is 35.4 Å². The third-order valence-corrected chi connectivity index (χ3v) is 4.16. The van der Waals surface area contributed by atoms with E-state index < -0.39 is 5.54 Å². The van der Waals surface area contributed by atoms with Gasteiger partial charge in [0.1, 0.15) is 0 Å². The van der Waals surface area contributed by atoms with Gasteiger partial charge in [-0.2, -0.15) is 5.26 Å². The van der Waals surface area contributed by atoms with Crippen molar-refractivity contribution in [1.82, 2.24) is 0 Å². The molecule has 1 aliphatic heterocycles. The van der Waals surface area contributed by atoms with Crippen LogP contribution >= 0.6 is 0 Å². The maximum absolute atomic E-state index is 12.4. The molecule has 1 atom stereocenters. The number of rotatable bonds is 5. The molecule has 4 nitrogen and oxygen atoms in total. The fourth-order valence-corrected chi connectivity index (χ4v) is 2.61. The molecule has 4 heteroatoms. The zero-order valence-corrected chi connectivity index (χ0v) is 12.5. The van der Waals surface area contributed by atoms with Gasteiger partial charge in [0.15, 0.2) is 5.78 Å². The lowest BCUT2D eigenvalue weighted by Crippen LogP contribution is -2.52. The average molecular weight is 286 g/mol. The normalized spacial score (nSPS) is 18.7. The zero-order valence-electron chi connectivity index (χ0n) is 12.5. The first kappa shape index (κ1) is 15.7. The highest BCUT2D eigenvalue weighted by Crippen LogP contribution is 2.23. The van der Waals surface area contributed by atoms with E-state index >= 15 is 0 Å². The number of aryl methyl sites for hydroxylation is 1. The summed E-state index contributed by atoms with van der Waals surface area (Å²) in [5, 5.41) is 9.31. The Morgan fingerprint density at radius 2 is 2.00 bits per heavy atom. The number of Topliss-reactive ketones (excluding diaryl/α,β-unsaturated/α-hetero) is 1. The van der Waals surface area contributed by atoms with E-state index in [2.05, 4.69) is 6.07 Å². The van der Waals surface area contributed by atoms with Crippen molar-refractivity contribution in [2.45, 2.75) is 38.1 Å². The number of hydrogen-bond acceptors (Lipinski definition) is 4. The van der Waals surface area contributed by atoms with Crippen molar-refractivity contribution in [2.24, 2.45) is 11.7 Å². The molecule has 1 aromatic carbocycles. The number of carbonyl (C=O) groups excluding carboxylic acids is 1. The number of benzene rings is 1. The molecule has 21 heavy (non-hydrogen) atoms. The first-order valence-electron chi connectivity index (χ1n) is 7.38. The number of carbonyl (C=O) groups is 1. The van der Waals surface area contributed by atoms with Gasteiger partial charge in [0, 0.05) is 19.6 Å². The minimum absolute atomic E-state index is 0.00976. The maximum Gasteiger partial charge on any atom is 0.154 e. The number of ether oxygens (including phenoxy) is 1. The number of nitriles is 1. The van der Waals surface area contributed by atoms with Gasteiger partial charge in [-0.05, 0) is 31.7 Å². The van der Waals surface area contributed by atoms with E-state index in [1.54, 1.807) is 0 Å². The minimum Gasteiger partial charge on any atom is -0.381 e. The van der Waals surface area contributed by atoms with Crippen LogP contribution < -0.4 is 5.73 Å². The average Bonchev–Trinajstić information content (AvgIpc) is 2.49. The Hall–Kier alpha value is -1.70. The molecule has 0 saturated carbocycles. The molecule has 0 unspecified atom stereocenters. The summed E-state index contributed by atoms with van der Waals surface area (Å²) in [6.45, 7) is 3.08. The minimum atomic E-state index is -0.805. The van der Waals surface area contributed by atoms with Crippen LogP contribution in [-0.4, -0.2) is 24.5 Å². The predicted octanol–water partition coefficient (Wildman–Crippen LogP) is 2.14. The van der Waals surface area contributed by atoms with Gasteiger partial charge < -0.3 is 10.5 Å². The van der Waals surface area contributed by atoms with Crippen molar-refractivity contribution in [2.75, 3.05) is 13.2 Å². The fraction of sp³-hybridized carbons (Fsp3) is 0.529. The monoisotopic (exact) mass is 286 g/mol. The number of nitrogens with two attached hydrogens (primary N) is 1. The van der Waals surface area contributed by atoms with Crippen molar-refractivity contribution in [3.63, 3.8) is 0 Å². The summed E-state index contributed by atoms with van der Waals surface area (Å²) in [5.41, 5.74) is 7.64. The second-order valence-electron chi connectivity index (χ2n) is 5.91. The van der Waals surface area contributed by atoms with Crippen molar-refractivity contribution < 1.29 is 9.53 Å². The third-order valence-electron chi connectivity index (χ3n) is 4.16. The van der Waals surface area contributed by atoms with Crippen molar-refractivity contribution in [1.29, 1.82) is 5.26 Å². The molecule has 0 aromatic heterocycles. The largest absolute Gasteiger partial charge is 0.381 e. The highest BCUT2D eigenvalue weighted by Gasteiger charge is 2.36. The molecule has 112 valence electrons. The summed E-state index contributed by atoms with van der Waals surface area (Å²) in [7, 11) is 0. The van der Waals surface area contributed by atoms with E-state index in [1.807, 2.05) is 31.2 Å². The first-order valence-corrected chi connectivity index (χ1v) is 7.38. The summed E-state index contributed by atoms with van der Waals surface area (Å²) in [5.74, 6) is -0.326. The summed E-state index contributed by atoms with van der Waals surface area (Å²) in [6.07, 6.45) is 1.92. The highest BCUT2D eigenvalue weighted by atomic mass is 16.5. The molecule has 0 aliphatic carbocycles. The molecular weight excluding hydrogens is 264 g/mol. The van der Waals surface area contributed by atoms with Gasteiger partial charge in [0.2, 0.25) is 0 Å². The van der Waals surface area contributed by atoms with Crippen molar-refractivity contribution >= 4 is 5.78 Å². The Balaban J connectivity index is 1.97. The molecule has 1 aliphatic rings. The lowest BCUT2D eigenvalue weighted by molar-refractivity contribution is -0.128. The quantitative estimate of drug-likeness (QED) is 0.899. The van der Waals surface area contributed by atoms with E-state index in [0.29, 0.717) is 32.5 Å². The molecule has 0 spiro atoms. The van der Waals surface area contributed by atoms with Crippen LogP contribution in [0.5, 0.6) is 0 Å². The number of hydrogen-bond donors (Lipinski definition) is 1. The summed E-state index contributed by atoms with van der Waals surface area (Å²) in [6, 6.07) is 10.3. The third kappa shape index (κ3) is 4.13. The van der Waals surface area contributed by atoms with Gasteiger partial charge in [-0.3, -0.25) is 4.79 Å². The van der Waals surface area contributed by atoms with Gasteiger partial charge in [-0.1, -0.05) is 29.8 Å². The molecule has 0 amide bonds. The lowest BCUT2D eigenvalue weighted by atomic mass is 9.81. The molecule has 0 bridgehead atoms. The Bertz CT molecular complexity index is 525. The van der Waals surface area contributed by atoms with E-state index in [0.717, 1.165) is 5.56 Å². The van der Waals surface area contributed by atoms with Crippen LogP contribution in [-0.2, 0) is 16.0 Å². The van der Waals surface area contributed by atoms with E-state index in [9.17, 15) is 10.1 Å². The molecule has 1 aromatic rings. The number of ketones is 1. The molecule has 0 radical (unpaired) electrons. The Morgan fingerprint density at radius 1 is 1.38 bits per heavy atom. The molecule has 2 rings (SSSR count). The van der Waals surface area contributed by atoms with Gasteiger partial charge in [-0.25, -0.2) is 0 Å². The van der Waals surface area contributed by atoms with Gasteiger partial charge >= 0.3 is 0 Å². The van der Waals surface area contributed by atoms with Crippen LogP contribution in [0.25, 0.3) is 0 Å². The van der Waals surface area contributed by atoms with Crippen LogP contribution in [0.1, 0.15) is 30.4 Å². The Labute approximate surface area is 125 Å². The SMILES string of the molecule is Cc1ccc(C[C@@H](C#N)CC(=O)C2(N)CCOCC2)cc1. The zero-order chi connectivity index (χ0) is 15.3. The molecule has 1 fully saturated rings. The van der Waals surface area contributed by atoms with Crippen LogP contribution in [0.3, 0.4) is 0 Å². The molecule has 2 N–H and O–H groups in total. The van der Waals surface area contributed by atoms with Crippen LogP contribution in [0.4, 0.5) is 0 Å². The fourth-order valence-electron chi connectivity index (χ4n) is 2.61. The topological polar surface area (TPSA) is 76.1 Å². The highest BCUT2D eigenvalue weighted by molar-refractivity contribution is 5.88. The van der Waals surface area contributed by atoms with Crippen molar-refractivity contribution in [3.8, 4) is 6.07 Å². The maximum atomic E-state index is 12.4. The Morgan fingerprint density at radius 3 is 2.57 bits per heavy atom.